The lowest BCUT2D eigenvalue weighted by molar-refractivity contribution is -0.384. The quantitative estimate of drug-likeness (QED) is 0.641. The van der Waals surface area contributed by atoms with Gasteiger partial charge in [0.05, 0.1) is 23.3 Å². The minimum atomic E-state index is -0.585. The Morgan fingerprint density at radius 1 is 1.52 bits per heavy atom. The van der Waals surface area contributed by atoms with Crippen LogP contribution in [0.1, 0.15) is 56.1 Å². The highest BCUT2D eigenvalue weighted by Crippen LogP contribution is 2.30. The van der Waals surface area contributed by atoms with E-state index in [1.807, 2.05) is 13.8 Å². The molecule has 1 fully saturated rings. The predicted octanol–water partition coefficient (Wildman–Crippen LogP) is 2.01. The first kappa shape index (κ1) is 15.5. The summed E-state index contributed by atoms with van der Waals surface area (Å²) in [5.41, 5.74) is -0.424. The average molecular weight is 295 g/mol. The van der Waals surface area contributed by atoms with Crippen molar-refractivity contribution in [2.45, 2.75) is 51.1 Å². The number of carbonyl (C=O) groups is 1. The number of carbonyl (C=O) groups excluding carboxylic acids is 1. The fraction of sp³-hybridized carbons (Fsp3) is 0.643. The van der Waals surface area contributed by atoms with E-state index in [2.05, 4.69) is 5.32 Å². The highest BCUT2D eigenvalue weighted by atomic mass is 16.6. The van der Waals surface area contributed by atoms with Crippen molar-refractivity contribution >= 4 is 11.6 Å². The van der Waals surface area contributed by atoms with E-state index in [0.29, 0.717) is 0 Å². The summed E-state index contributed by atoms with van der Waals surface area (Å²) in [6.07, 6.45) is 4.78. The Morgan fingerprint density at radius 3 is 2.62 bits per heavy atom. The Kier molecular flexibility index (Phi) is 4.32. The smallest absolute Gasteiger partial charge is 0.287 e. The fourth-order valence-corrected chi connectivity index (χ4v) is 2.85. The van der Waals surface area contributed by atoms with Crippen molar-refractivity contribution in [3.63, 3.8) is 0 Å². The zero-order chi connectivity index (χ0) is 15.6. The number of hydrogen-bond acceptors (Lipinski definition) is 4. The van der Waals surface area contributed by atoms with E-state index in [4.69, 9.17) is 0 Å². The molecule has 0 saturated heterocycles. The van der Waals surface area contributed by atoms with Crippen LogP contribution in [0.15, 0.2) is 12.3 Å². The molecular formula is C14H21N3O4. The SMILES string of the molecule is CC(C)n1cc([N+](=O)[O-])cc1C(=O)NC1(CO)CCCC1. The number of aromatic nitrogens is 1. The highest BCUT2D eigenvalue weighted by Gasteiger charge is 2.36. The van der Waals surface area contributed by atoms with Crippen LogP contribution in [0, 0.1) is 10.1 Å². The van der Waals surface area contributed by atoms with Gasteiger partial charge < -0.3 is 15.0 Å². The van der Waals surface area contributed by atoms with Crippen LogP contribution in [0.3, 0.4) is 0 Å². The van der Waals surface area contributed by atoms with Crippen LogP contribution in [0.4, 0.5) is 5.69 Å². The molecular weight excluding hydrogens is 274 g/mol. The van der Waals surface area contributed by atoms with Gasteiger partial charge in [0, 0.05) is 12.1 Å². The van der Waals surface area contributed by atoms with Gasteiger partial charge in [0.15, 0.2) is 0 Å². The van der Waals surface area contributed by atoms with Crippen molar-refractivity contribution in [3.05, 3.63) is 28.1 Å². The molecule has 0 aliphatic heterocycles. The van der Waals surface area contributed by atoms with Crippen LogP contribution in [-0.2, 0) is 0 Å². The van der Waals surface area contributed by atoms with Gasteiger partial charge in [0.1, 0.15) is 5.69 Å². The Bertz CT molecular complexity index is 544. The number of nitro groups is 1. The number of hydrogen-bond donors (Lipinski definition) is 2. The number of nitrogens with one attached hydrogen (secondary N) is 1. The first-order chi connectivity index (χ1) is 9.88. The molecule has 116 valence electrons. The first-order valence-electron chi connectivity index (χ1n) is 7.18. The fourth-order valence-electron chi connectivity index (χ4n) is 2.85. The molecule has 1 aliphatic carbocycles. The molecule has 21 heavy (non-hydrogen) atoms. The lowest BCUT2D eigenvalue weighted by atomic mass is 9.98. The third kappa shape index (κ3) is 3.07. The average Bonchev–Trinajstić information content (AvgIpc) is 3.05. The Labute approximate surface area is 123 Å². The molecule has 0 atom stereocenters. The van der Waals surface area contributed by atoms with E-state index in [-0.39, 0.29) is 29.9 Å². The monoisotopic (exact) mass is 295 g/mol. The Hall–Kier alpha value is -1.89. The molecule has 7 nitrogen and oxygen atoms in total. The summed E-state index contributed by atoms with van der Waals surface area (Å²) >= 11 is 0. The standard InChI is InChI=1S/C14H21N3O4/c1-10(2)16-8-11(17(20)21)7-12(16)13(19)15-14(9-18)5-3-4-6-14/h7-8,10,18H,3-6,9H2,1-2H3,(H,15,19). The number of aliphatic hydroxyl groups is 1. The van der Waals surface area contributed by atoms with Crippen LogP contribution in [0.5, 0.6) is 0 Å². The highest BCUT2D eigenvalue weighted by molar-refractivity contribution is 5.94. The van der Waals surface area contributed by atoms with Gasteiger partial charge in [-0.1, -0.05) is 12.8 Å². The molecule has 1 heterocycles. The van der Waals surface area contributed by atoms with Crippen molar-refractivity contribution in [3.8, 4) is 0 Å². The van der Waals surface area contributed by atoms with Crippen molar-refractivity contribution < 1.29 is 14.8 Å². The van der Waals surface area contributed by atoms with Gasteiger partial charge >= 0.3 is 0 Å². The molecule has 0 aromatic carbocycles. The molecule has 1 aliphatic rings. The second kappa shape index (κ2) is 5.85. The van der Waals surface area contributed by atoms with Crippen LogP contribution in [0.2, 0.25) is 0 Å². The second-order valence-corrected chi connectivity index (χ2v) is 5.94. The molecule has 1 aromatic rings. The molecule has 0 unspecified atom stereocenters. The van der Waals surface area contributed by atoms with E-state index in [1.165, 1.54) is 12.3 Å². The van der Waals surface area contributed by atoms with Gasteiger partial charge in [0.2, 0.25) is 0 Å². The maximum absolute atomic E-state index is 12.5. The summed E-state index contributed by atoms with van der Waals surface area (Å²) in [4.78, 5) is 22.8. The van der Waals surface area contributed by atoms with Gasteiger partial charge in [-0.15, -0.1) is 0 Å². The summed E-state index contributed by atoms with van der Waals surface area (Å²) in [6.45, 7) is 3.61. The normalized spacial score (nSPS) is 17.1. The van der Waals surface area contributed by atoms with Crippen molar-refractivity contribution in [1.29, 1.82) is 0 Å². The molecule has 1 amide bonds. The largest absolute Gasteiger partial charge is 0.394 e. The summed E-state index contributed by atoms with van der Waals surface area (Å²) in [5.74, 6) is -0.368. The molecule has 0 spiro atoms. The number of amides is 1. The topological polar surface area (TPSA) is 97.4 Å². The minimum Gasteiger partial charge on any atom is -0.394 e. The third-order valence-corrected chi connectivity index (χ3v) is 4.08. The Balaban J connectivity index is 2.27. The molecule has 2 N–H and O–H groups in total. The van der Waals surface area contributed by atoms with Crippen LogP contribution < -0.4 is 5.32 Å². The van der Waals surface area contributed by atoms with E-state index in [9.17, 15) is 20.0 Å². The number of aliphatic hydroxyl groups excluding tert-OH is 1. The third-order valence-electron chi connectivity index (χ3n) is 4.08. The Morgan fingerprint density at radius 2 is 2.14 bits per heavy atom. The molecule has 7 heteroatoms. The molecule has 1 aromatic heterocycles. The van der Waals surface area contributed by atoms with Crippen LogP contribution >= 0.6 is 0 Å². The number of nitrogens with zero attached hydrogens (tertiary/aromatic N) is 2. The number of rotatable bonds is 5. The van der Waals surface area contributed by atoms with Crippen LogP contribution in [-0.4, -0.2) is 32.6 Å². The summed E-state index contributed by atoms with van der Waals surface area (Å²) < 4.78 is 1.59. The predicted molar refractivity (Wildman–Crippen MR) is 77.2 cm³/mol. The van der Waals surface area contributed by atoms with E-state index in [1.54, 1.807) is 4.57 Å². The summed E-state index contributed by atoms with van der Waals surface area (Å²) in [5, 5.41) is 23.3. The summed E-state index contributed by atoms with van der Waals surface area (Å²) in [6, 6.07) is 1.23. The molecule has 0 radical (unpaired) electrons. The molecule has 1 saturated carbocycles. The second-order valence-electron chi connectivity index (χ2n) is 5.94. The van der Waals surface area contributed by atoms with E-state index in [0.717, 1.165) is 25.7 Å². The van der Waals surface area contributed by atoms with Gasteiger partial charge in [-0.3, -0.25) is 14.9 Å². The zero-order valence-corrected chi connectivity index (χ0v) is 12.3. The molecule has 2 rings (SSSR count). The van der Waals surface area contributed by atoms with Gasteiger partial charge in [-0.05, 0) is 26.7 Å². The van der Waals surface area contributed by atoms with Crippen molar-refractivity contribution in [2.24, 2.45) is 0 Å². The van der Waals surface area contributed by atoms with Gasteiger partial charge in [-0.25, -0.2) is 0 Å². The maximum atomic E-state index is 12.5. The lowest BCUT2D eigenvalue weighted by Crippen LogP contribution is -2.49. The lowest BCUT2D eigenvalue weighted by Gasteiger charge is -2.28. The van der Waals surface area contributed by atoms with Gasteiger partial charge in [0.25, 0.3) is 11.6 Å². The van der Waals surface area contributed by atoms with Crippen molar-refractivity contribution in [1.82, 2.24) is 9.88 Å². The minimum absolute atomic E-state index is 0.0619. The molecule has 0 bridgehead atoms. The van der Waals surface area contributed by atoms with E-state index >= 15 is 0 Å². The van der Waals surface area contributed by atoms with E-state index < -0.39 is 10.5 Å². The maximum Gasteiger partial charge on any atom is 0.287 e. The summed E-state index contributed by atoms with van der Waals surface area (Å²) in [7, 11) is 0. The zero-order valence-electron chi connectivity index (χ0n) is 12.3. The van der Waals surface area contributed by atoms with Crippen molar-refractivity contribution in [2.75, 3.05) is 6.61 Å². The van der Waals surface area contributed by atoms with Crippen LogP contribution in [0.25, 0.3) is 0 Å². The first-order valence-corrected chi connectivity index (χ1v) is 7.18. The van der Waals surface area contributed by atoms with Gasteiger partial charge in [-0.2, -0.15) is 0 Å².